The quantitative estimate of drug-likeness (QED) is 0.796. The smallest absolute Gasteiger partial charge is 0.336 e. The standard InChI is InChI=1S/C11H8BrO4/c1-15-10-4-9-7(3-8(10)12)6(5-13)2-11(14)16-9/h2-4H,5H2,1H3. The summed E-state index contributed by atoms with van der Waals surface area (Å²) in [5, 5.41) is 11.6. The van der Waals surface area contributed by atoms with Crippen molar-refractivity contribution >= 4 is 26.9 Å². The maximum atomic E-state index is 11.2. The molecule has 0 saturated heterocycles. The molecule has 83 valence electrons. The van der Waals surface area contributed by atoms with E-state index >= 15 is 0 Å². The van der Waals surface area contributed by atoms with E-state index in [0.29, 0.717) is 26.8 Å². The van der Waals surface area contributed by atoms with Crippen LogP contribution in [0.4, 0.5) is 0 Å². The molecule has 1 heterocycles. The molecule has 1 aromatic carbocycles. The highest BCUT2D eigenvalue weighted by Crippen LogP contribution is 2.31. The van der Waals surface area contributed by atoms with E-state index in [1.54, 1.807) is 12.1 Å². The van der Waals surface area contributed by atoms with Crippen LogP contribution in [0.2, 0.25) is 0 Å². The molecule has 4 nitrogen and oxygen atoms in total. The summed E-state index contributed by atoms with van der Waals surface area (Å²) >= 11 is 3.31. The molecule has 0 aliphatic carbocycles. The lowest BCUT2D eigenvalue weighted by Crippen LogP contribution is -2.00. The highest BCUT2D eigenvalue weighted by Gasteiger charge is 2.09. The summed E-state index contributed by atoms with van der Waals surface area (Å²) in [5.74, 6) is 0.554. The molecule has 1 radical (unpaired) electrons. The van der Waals surface area contributed by atoms with Crippen LogP contribution in [0.3, 0.4) is 0 Å². The number of benzene rings is 1. The molecule has 5 heteroatoms. The van der Waals surface area contributed by atoms with Gasteiger partial charge in [0.05, 0.1) is 11.6 Å². The predicted molar refractivity (Wildman–Crippen MR) is 61.1 cm³/mol. The molecule has 16 heavy (non-hydrogen) atoms. The summed E-state index contributed by atoms with van der Waals surface area (Å²) in [5.41, 5.74) is 0.260. The third-order valence-corrected chi connectivity index (χ3v) is 2.88. The molecular formula is C11H8BrO4. The molecule has 0 bridgehead atoms. The van der Waals surface area contributed by atoms with Gasteiger partial charge >= 0.3 is 5.63 Å². The molecule has 0 fully saturated rings. The number of fused-ring (bicyclic) bond motifs is 1. The van der Waals surface area contributed by atoms with Crippen LogP contribution in [0.1, 0.15) is 5.56 Å². The second-order valence-corrected chi connectivity index (χ2v) is 4.07. The van der Waals surface area contributed by atoms with Gasteiger partial charge in [0.25, 0.3) is 0 Å². The molecule has 1 aromatic heterocycles. The van der Waals surface area contributed by atoms with E-state index in [1.807, 2.05) is 0 Å². The van der Waals surface area contributed by atoms with E-state index in [9.17, 15) is 9.90 Å². The minimum Gasteiger partial charge on any atom is -0.495 e. The van der Waals surface area contributed by atoms with Crippen molar-refractivity contribution in [1.29, 1.82) is 0 Å². The van der Waals surface area contributed by atoms with Crippen LogP contribution < -0.4 is 10.4 Å². The van der Waals surface area contributed by atoms with Gasteiger partial charge in [0.15, 0.2) is 0 Å². The van der Waals surface area contributed by atoms with Crippen LogP contribution in [0.5, 0.6) is 5.75 Å². The first-order chi connectivity index (χ1) is 7.65. The summed E-state index contributed by atoms with van der Waals surface area (Å²) < 4.78 is 10.8. The first-order valence-electron chi connectivity index (χ1n) is 4.54. The molecule has 2 rings (SSSR count). The van der Waals surface area contributed by atoms with Crippen LogP contribution in [-0.4, -0.2) is 7.11 Å². The highest BCUT2D eigenvalue weighted by atomic mass is 79.9. The Hall–Kier alpha value is -1.33. The lowest BCUT2D eigenvalue weighted by Gasteiger charge is -2.06. The van der Waals surface area contributed by atoms with E-state index in [4.69, 9.17) is 9.15 Å². The summed E-state index contributed by atoms with van der Waals surface area (Å²) in [6, 6.07) is 4.51. The molecule has 0 unspecified atom stereocenters. The average molecular weight is 284 g/mol. The molecule has 0 aliphatic heterocycles. The largest absolute Gasteiger partial charge is 0.495 e. The van der Waals surface area contributed by atoms with Gasteiger partial charge in [-0.05, 0) is 27.6 Å². The lowest BCUT2D eigenvalue weighted by molar-refractivity contribution is 0.178. The SMILES string of the molecule is COc1cc2oc(=O)cc(C[O])c2cc1Br. The second-order valence-electron chi connectivity index (χ2n) is 3.22. The Bertz CT molecular complexity index is 588. The van der Waals surface area contributed by atoms with Gasteiger partial charge in [-0.1, -0.05) is 0 Å². The monoisotopic (exact) mass is 283 g/mol. The molecular weight excluding hydrogens is 276 g/mol. The lowest BCUT2D eigenvalue weighted by atomic mass is 10.1. The molecule has 0 atom stereocenters. The summed E-state index contributed by atoms with van der Waals surface area (Å²) in [4.78, 5) is 11.2. The third kappa shape index (κ3) is 1.83. The van der Waals surface area contributed by atoms with Gasteiger partial charge in [0.1, 0.15) is 17.9 Å². The highest BCUT2D eigenvalue weighted by molar-refractivity contribution is 9.10. The van der Waals surface area contributed by atoms with Crippen molar-refractivity contribution in [3.63, 3.8) is 0 Å². The van der Waals surface area contributed by atoms with Crippen LogP contribution in [-0.2, 0) is 11.7 Å². The Morgan fingerprint density at radius 3 is 2.75 bits per heavy atom. The van der Waals surface area contributed by atoms with E-state index in [0.717, 1.165) is 0 Å². The van der Waals surface area contributed by atoms with E-state index < -0.39 is 12.2 Å². The van der Waals surface area contributed by atoms with Crippen molar-refractivity contribution in [1.82, 2.24) is 0 Å². The minimum atomic E-state index is -0.525. The zero-order valence-corrected chi connectivity index (χ0v) is 10.0. The van der Waals surface area contributed by atoms with Gasteiger partial charge in [-0.3, -0.25) is 0 Å². The first kappa shape index (κ1) is 11.2. The Balaban J connectivity index is 2.84. The van der Waals surface area contributed by atoms with Gasteiger partial charge in [0.2, 0.25) is 0 Å². The van der Waals surface area contributed by atoms with E-state index in [1.165, 1.54) is 13.2 Å². The van der Waals surface area contributed by atoms with E-state index in [2.05, 4.69) is 15.9 Å². The van der Waals surface area contributed by atoms with Gasteiger partial charge < -0.3 is 9.15 Å². The fourth-order valence-corrected chi connectivity index (χ4v) is 2.01. The van der Waals surface area contributed by atoms with Gasteiger partial charge in [-0.15, -0.1) is 0 Å². The first-order valence-corrected chi connectivity index (χ1v) is 5.33. The average Bonchev–Trinajstić information content (AvgIpc) is 2.28. The van der Waals surface area contributed by atoms with Gasteiger partial charge in [-0.2, -0.15) is 0 Å². The Morgan fingerprint density at radius 2 is 2.12 bits per heavy atom. The molecule has 0 N–H and O–H groups in total. The number of halogens is 1. The minimum absolute atomic E-state index is 0.360. The summed E-state index contributed by atoms with van der Waals surface area (Å²) in [7, 11) is 1.52. The number of hydrogen-bond acceptors (Lipinski definition) is 3. The molecule has 0 saturated carbocycles. The Kier molecular flexibility index (Phi) is 2.98. The van der Waals surface area contributed by atoms with Crippen LogP contribution >= 0.6 is 15.9 Å². The Morgan fingerprint density at radius 1 is 1.38 bits per heavy atom. The van der Waals surface area contributed by atoms with Crippen LogP contribution in [0.15, 0.2) is 31.9 Å². The second kappa shape index (κ2) is 4.27. The van der Waals surface area contributed by atoms with Crippen molar-refractivity contribution in [2.75, 3.05) is 7.11 Å². The van der Waals surface area contributed by atoms with Crippen molar-refractivity contribution in [3.8, 4) is 5.75 Å². The molecule has 0 amide bonds. The van der Waals surface area contributed by atoms with Crippen LogP contribution in [0.25, 0.3) is 11.0 Å². The summed E-state index contributed by atoms with van der Waals surface area (Å²) in [6.45, 7) is -0.457. The zero-order valence-electron chi connectivity index (χ0n) is 8.45. The fraction of sp³-hybridized carbons (Fsp3) is 0.182. The Labute approximate surface area is 99.6 Å². The summed E-state index contributed by atoms with van der Waals surface area (Å²) in [6.07, 6.45) is 0. The fourth-order valence-electron chi connectivity index (χ4n) is 1.50. The number of hydrogen-bond donors (Lipinski definition) is 0. The molecule has 0 spiro atoms. The molecule has 2 aromatic rings. The normalized spacial score (nSPS) is 10.7. The van der Waals surface area contributed by atoms with Crippen molar-refractivity contribution < 1.29 is 14.3 Å². The zero-order chi connectivity index (χ0) is 11.7. The number of ether oxygens (including phenoxy) is 1. The predicted octanol–water partition coefficient (Wildman–Crippen LogP) is 2.49. The van der Waals surface area contributed by atoms with Gasteiger partial charge in [0, 0.05) is 17.5 Å². The van der Waals surface area contributed by atoms with Crippen LogP contribution in [0, 0.1) is 0 Å². The van der Waals surface area contributed by atoms with Crippen molar-refractivity contribution in [3.05, 3.63) is 38.7 Å². The van der Waals surface area contributed by atoms with Crippen molar-refractivity contribution in [2.45, 2.75) is 6.61 Å². The maximum Gasteiger partial charge on any atom is 0.336 e. The van der Waals surface area contributed by atoms with Gasteiger partial charge in [-0.25, -0.2) is 9.90 Å². The maximum absolute atomic E-state index is 11.2. The topological polar surface area (TPSA) is 59.3 Å². The molecule has 0 aliphatic rings. The third-order valence-electron chi connectivity index (χ3n) is 2.26. The number of rotatable bonds is 2. The van der Waals surface area contributed by atoms with E-state index in [-0.39, 0.29) is 0 Å². The van der Waals surface area contributed by atoms with Crippen molar-refractivity contribution in [2.24, 2.45) is 0 Å². The number of methoxy groups -OCH3 is 1.